The van der Waals surface area contributed by atoms with Crippen molar-refractivity contribution in [3.05, 3.63) is 5.67 Å². The molecule has 0 fully saturated rings. The van der Waals surface area contributed by atoms with Crippen LogP contribution in [0, 0.1) is 5.67 Å². The second-order valence-corrected chi connectivity index (χ2v) is 15.5. The molecule has 0 radical (unpaired) electrons. The van der Waals surface area contributed by atoms with Gasteiger partial charge in [0, 0.05) is 0 Å². The molecule has 3 heteroatoms. The number of hydrogen-bond acceptors (Lipinski definition) is 0. The van der Waals surface area contributed by atoms with Crippen molar-refractivity contribution in [3.8, 4) is 0 Å². The SMILES string of the molecule is C[Si](C)(C)[CH-][Si](C)(C)C.[K+]. The maximum atomic E-state index is 2.65. The van der Waals surface area contributed by atoms with Crippen LogP contribution in [-0.2, 0) is 0 Å². The fraction of sp³-hybridized carbons (Fsp3) is 0.857. The molecule has 0 aliphatic rings. The summed E-state index contributed by atoms with van der Waals surface area (Å²) in [5.74, 6) is 0. The third-order valence-electron chi connectivity index (χ3n) is 0.866. The van der Waals surface area contributed by atoms with E-state index < -0.39 is 16.1 Å². The first kappa shape index (κ1) is 14.6. The van der Waals surface area contributed by atoms with Crippen LogP contribution in [0.15, 0.2) is 0 Å². The molecule has 0 N–H and O–H groups in total. The Labute approximate surface area is 111 Å². The first-order valence-corrected chi connectivity index (χ1v) is 10.7. The molecule has 0 atom stereocenters. The molecule has 0 aromatic carbocycles. The van der Waals surface area contributed by atoms with Gasteiger partial charge < -0.3 is 5.67 Å². The molecular formula is C7H19KSi2. The maximum Gasteiger partial charge on any atom is 1.00 e. The topological polar surface area (TPSA) is 0 Å². The van der Waals surface area contributed by atoms with E-state index in [4.69, 9.17) is 0 Å². The quantitative estimate of drug-likeness (QED) is 0.431. The number of rotatable bonds is 2. The molecule has 0 spiro atoms. The standard InChI is InChI=1S/C7H19Si2.K/c1-8(2,3)7-9(4,5)6;/h7H,1-6H3;/q-1;+1. The molecule has 0 heterocycles. The van der Waals surface area contributed by atoms with Gasteiger partial charge in [-0.2, -0.15) is 0 Å². The molecule has 0 saturated heterocycles. The third-order valence-corrected chi connectivity index (χ3v) is 7.79. The zero-order valence-corrected chi connectivity index (χ0v) is 13.7. The van der Waals surface area contributed by atoms with Crippen LogP contribution in [0.5, 0.6) is 0 Å². The molecule has 0 aliphatic heterocycles. The van der Waals surface area contributed by atoms with Crippen molar-refractivity contribution >= 4 is 16.1 Å². The van der Waals surface area contributed by atoms with Crippen molar-refractivity contribution in [1.29, 1.82) is 0 Å². The van der Waals surface area contributed by atoms with E-state index in [1.165, 1.54) is 0 Å². The largest absolute Gasteiger partial charge is 1.00 e. The van der Waals surface area contributed by atoms with Crippen LogP contribution in [-0.4, -0.2) is 16.1 Å². The van der Waals surface area contributed by atoms with E-state index in [0.29, 0.717) is 0 Å². The molecule has 0 aliphatic carbocycles. The molecule has 56 valence electrons. The number of hydrogen-bond donors (Lipinski definition) is 0. The van der Waals surface area contributed by atoms with Crippen LogP contribution in [0.2, 0.25) is 39.3 Å². The van der Waals surface area contributed by atoms with Crippen LogP contribution < -0.4 is 51.4 Å². The van der Waals surface area contributed by atoms with Gasteiger partial charge in [-0.25, -0.2) is 0 Å². The molecule has 0 amide bonds. The van der Waals surface area contributed by atoms with Crippen LogP contribution in [0.1, 0.15) is 0 Å². The van der Waals surface area contributed by atoms with Crippen LogP contribution in [0.3, 0.4) is 0 Å². The normalized spacial score (nSPS) is 12.6. The molecular weight excluding hydrogens is 179 g/mol. The Balaban J connectivity index is 0. The monoisotopic (exact) mass is 198 g/mol. The van der Waals surface area contributed by atoms with Gasteiger partial charge in [-0.3, -0.25) is 0 Å². The minimum Gasteiger partial charge on any atom is -0.327 e. The third kappa shape index (κ3) is 12.7. The summed E-state index contributed by atoms with van der Waals surface area (Å²) in [5.41, 5.74) is 2.65. The molecule has 0 saturated carbocycles. The van der Waals surface area contributed by atoms with E-state index in [1.807, 2.05) is 0 Å². The van der Waals surface area contributed by atoms with Gasteiger partial charge in [-0.15, -0.1) is 16.1 Å². The maximum absolute atomic E-state index is 2.65. The summed E-state index contributed by atoms with van der Waals surface area (Å²) in [6.07, 6.45) is 0. The summed E-state index contributed by atoms with van der Waals surface area (Å²) in [6.45, 7) is 14.4. The zero-order valence-electron chi connectivity index (χ0n) is 8.58. The van der Waals surface area contributed by atoms with Gasteiger partial charge in [-0.1, -0.05) is 39.3 Å². The van der Waals surface area contributed by atoms with Crippen molar-refractivity contribution in [2.24, 2.45) is 0 Å². The first-order chi connectivity index (χ1) is 3.71. The Morgan fingerprint density at radius 2 is 0.900 bits per heavy atom. The summed E-state index contributed by atoms with van der Waals surface area (Å²) in [7, 11) is -1.71. The van der Waals surface area contributed by atoms with Crippen LogP contribution >= 0.6 is 0 Å². The predicted octanol–water partition coefficient (Wildman–Crippen LogP) is -0.0505. The molecule has 0 unspecified atom stereocenters. The Kier molecular flexibility index (Phi) is 7.21. The summed E-state index contributed by atoms with van der Waals surface area (Å²) in [4.78, 5) is 0. The van der Waals surface area contributed by atoms with Gasteiger partial charge >= 0.3 is 51.4 Å². The Hall–Kier alpha value is 2.07. The van der Waals surface area contributed by atoms with Crippen molar-refractivity contribution in [3.63, 3.8) is 0 Å². The summed E-state index contributed by atoms with van der Waals surface area (Å²) in [5, 5.41) is 0. The molecule has 0 aromatic heterocycles. The van der Waals surface area contributed by atoms with Crippen molar-refractivity contribution in [1.82, 2.24) is 0 Å². The fourth-order valence-electron chi connectivity index (χ4n) is 1.30. The van der Waals surface area contributed by atoms with Gasteiger partial charge in [0.25, 0.3) is 0 Å². The minimum absolute atomic E-state index is 0. The van der Waals surface area contributed by atoms with E-state index in [2.05, 4.69) is 44.9 Å². The van der Waals surface area contributed by atoms with E-state index in [0.717, 1.165) is 0 Å². The molecule has 0 bridgehead atoms. The molecule has 0 rings (SSSR count). The van der Waals surface area contributed by atoms with E-state index in [9.17, 15) is 0 Å². The van der Waals surface area contributed by atoms with Crippen LogP contribution in [0.25, 0.3) is 0 Å². The van der Waals surface area contributed by atoms with E-state index in [-0.39, 0.29) is 51.4 Å². The smallest absolute Gasteiger partial charge is 0.327 e. The summed E-state index contributed by atoms with van der Waals surface area (Å²) < 4.78 is 0. The van der Waals surface area contributed by atoms with Crippen LogP contribution in [0.4, 0.5) is 0 Å². The Bertz CT molecular complexity index is 76.8. The molecule has 0 nitrogen and oxygen atoms in total. The average Bonchev–Trinajstić information content (AvgIpc) is 1.14. The van der Waals surface area contributed by atoms with Crippen molar-refractivity contribution in [2.75, 3.05) is 0 Å². The van der Waals surface area contributed by atoms with Gasteiger partial charge in [0.1, 0.15) is 0 Å². The van der Waals surface area contributed by atoms with Crippen molar-refractivity contribution in [2.45, 2.75) is 39.3 Å². The van der Waals surface area contributed by atoms with E-state index >= 15 is 0 Å². The summed E-state index contributed by atoms with van der Waals surface area (Å²) in [6, 6.07) is 0. The van der Waals surface area contributed by atoms with E-state index in [1.54, 1.807) is 0 Å². The molecule has 10 heavy (non-hydrogen) atoms. The minimum atomic E-state index is -0.856. The van der Waals surface area contributed by atoms with Gasteiger partial charge in [0.05, 0.1) is 0 Å². The molecule has 0 aromatic rings. The predicted molar refractivity (Wildman–Crippen MR) is 51.0 cm³/mol. The zero-order chi connectivity index (χ0) is 7.71. The second-order valence-electron chi connectivity index (χ2n) is 4.88. The second kappa shape index (κ2) is 4.94. The summed E-state index contributed by atoms with van der Waals surface area (Å²) >= 11 is 0. The van der Waals surface area contributed by atoms with Gasteiger partial charge in [-0.05, 0) is 0 Å². The van der Waals surface area contributed by atoms with Crippen molar-refractivity contribution < 1.29 is 51.4 Å². The van der Waals surface area contributed by atoms with Gasteiger partial charge in [0.2, 0.25) is 0 Å². The Morgan fingerprint density at radius 3 is 0.900 bits per heavy atom. The Morgan fingerprint density at radius 1 is 0.700 bits per heavy atom. The first-order valence-electron chi connectivity index (χ1n) is 3.58. The average molecular weight is 198 g/mol. The van der Waals surface area contributed by atoms with Gasteiger partial charge in [0.15, 0.2) is 0 Å². The fourth-order valence-corrected chi connectivity index (χ4v) is 11.7.